The molecule has 1 heterocycles. The second kappa shape index (κ2) is 5.68. The Morgan fingerprint density at radius 1 is 0.947 bits per heavy atom. The van der Waals surface area contributed by atoms with E-state index in [-0.39, 0.29) is 12.1 Å². The van der Waals surface area contributed by atoms with Gasteiger partial charge >= 0.3 is 0 Å². The number of hydrogen-bond donors (Lipinski definition) is 2. The van der Waals surface area contributed by atoms with Gasteiger partial charge in [0.2, 0.25) is 0 Å². The summed E-state index contributed by atoms with van der Waals surface area (Å²) in [6.07, 6.45) is 8.78. The molecule has 0 aromatic heterocycles. The van der Waals surface area contributed by atoms with Gasteiger partial charge in [-0.15, -0.1) is 0 Å². The molecular formula is C13H25N3O2S. The van der Waals surface area contributed by atoms with E-state index in [1.165, 1.54) is 12.8 Å². The maximum absolute atomic E-state index is 12.4. The van der Waals surface area contributed by atoms with E-state index in [1.54, 1.807) is 4.31 Å². The van der Waals surface area contributed by atoms with Crippen LogP contribution in [-0.2, 0) is 10.2 Å². The van der Waals surface area contributed by atoms with Crippen LogP contribution in [0.15, 0.2) is 0 Å². The summed E-state index contributed by atoms with van der Waals surface area (Å²) in [5.74, 6) is 0. The Hall–Kier alpha value is -0.170. The zero-order valence-electron chi connectivity index (χ0n) is 11.5. The lowest BCUT2D eigenvalue weighted by molar-refractivity contribution is 0.237. The summed E-state index contributed by atoms with van der Waals surface area (Å²) in [6.45, 7) is 1.50. The van der Waals surface area contributed by atoms with E-state index in [2.05, 4.69) is 10.0 Å². The van der Waals surface area contributed by atoms with Crippen LogP contribution in [0.4, 0.5) is 0 Å². The molecule has 2 saturated carbocycles. The van der Waals surface area contributed by atoms with Crippen LogP contribution in [-0.4, -0.2) is 43.9 Å². The minimum absolute atomic E-state index is 0.145. The Kier molecular flexibility index (Phi) is 4.12. The van der Waals surface area contributed by atoms with Crippen LogP contribution >= 0.6 is 0 Å². The van der Waals surface area contributed by atoms with Gasteiger partial charge in [0, 0.05) is 31.2 Å². The normalized spacial score (nSPS) is 30.2. The first kappa shape index (κ1) is 13.8. The summed E-state index contributed by atoms with van der Waals surface area (Å²) < 4.78 is 29.5. The summed E-state index contributed by atoms with van der Waals surface area (Å²) in [7, 11) is -3.28. The maximum atomic E-state index is 12.4. The summed E-state index contributed by atoms with van der Waals surface area (Å²) >= 11 is 0. The molecule has 0 spiro atoms. The largest absolute Gasteiger partial charge is 0.312 e. The zero-order valence-corrected chi connectivity index (χ0v) is 12.3. The molecule has 2 aliphatic carbocycles. The second-order valence-corrected chi connectivity index (χ2v) is 7.85. The van der Waals surface area contributed by atoms with Crippen LogP contribution in [0.3, 0.4) is 0 Å². The Morgan fingerprint density at radius 3 is 2.37 bits per heavy atom. The number of nitrogens with one attached hydrogen (secondary N) is 2. The molecule has 3 aliphatic rings. The highest BCUT2D eigenvalue weighted by molar-refractivity contribution is 7.87. The van der Waals surface area contributed by atoms with E-state index in [0.29, 0.717) is 12.6 Å². The van der Waals surface area contributed by atoms with Crippen molar-refractivity contribution in [3.63, 3.8) is 0 Å². The van der Waals surface area contributed by atoms with Gasteiger partial charge in [-0.05, 0) is 38.5 Å². The topological polar surface area (TPSA) is 61.4 Å². The lowest BCUT2D eigenvalue weighted by atomic mass is 9.94. The molecule has 2 N–H and O–H groups in total. The number of rotatable bonds is 6. The molecule has 5 nitrogen and oxygen atoms in total. The van der Waals surface area contributed by atoms with Gasteiger partial charge in [-0.2, -0.15) is 17.4 Å². The molecule has 6 heteroatoms. The van der Waals surface area contributed by atoms with Crippen molar-refractivity contribution in [2.45, 2.75) is 69.5 Å². The highest BCUT2D eigenvalue weighted by Gasteiger charge is 2.35. The zero-order chi connectivity index (χ0) is 13.3. The van der Waals surface area contributed by atoms with Crippen molar-refractivity contribution >= 4 is 10.2 Å². The fourth-order valence-corrected chi connectivity index (χ4v) is 4.62. The third kappa shape index (κ3) is 3.48. The predicted octanol–water partition coefficient (Wildman–Crippen LogP) is 0.980. The molecule has 0 aromatic rings. The first-order chi connectivity index (χ1) is 9.15. The van der Waals surface area contributed by atoms with Gasteiger partial charge in [-0.3, -0.25) is 0 Å². The third-order valence-corrected chi connectivity index (χ3v) is 6.25. The molecule has 0 aromatic carbocycles. The fraction of sp³-hybridized carbons (Fsp3) is 1.00. The van der Waals surface area contributed by atoms with Crippen LogP contribution in [0.1, 0.15) is 51.4 Å². The van der Waals surface area contributed by atoms with Gasteiger partial charge < -0.3 is 5.32 Å². The second-order valence-electron chi connectivity index (χ2n) is 6.19. The average Bonchev–Trinajstić information content (AvgIpc) is 3.16. The SMILES string of the molecule is O=S(=O)(NC1CCC1)N1CCCCC1CNC1CC1. The summed E-state index contributed by atoms with van der Waals surface area (Å²) in [4.78, 5) is 0. The van der Waals surface area contributed by atoms with E-state index >= 15 is 0 Å². The van der Waals surface area contributed by atoms with Gasteiger partial charge in [0.25, 0.3) is 10.2 Å². The molecule has 1 saturated heterocycles. The van der Waals surface area contributed by atoms with Crippen molar-refractivity contribution in [3.05, 3.63) is 0 Å². The van der Waals surface area contributed by atoms with Crippen molar-refractivity contribution in [2.24, 2.45) is 0 Å². The van der Waals surface area contributed by atoms with Gasteiger partial charge in [0.05, 0.1) is 0 Å². The molecule has 1 atom stereocenters. The van der Waals surface area contributed by atoms with Crippen molar-refractivity contribution in [1.82, 2.24) is 14.3 Å². The molecule has 0 amide bonds. The van der Waals surface area contributed by atoms with Gasteiger partial charge in [0.1, 0.15) is 0 Å². The minimum atomic E-state index is -3.28. The number of piperidine rings is 1. The molecular weight excluding hydrogens is 262 g/mol. The van der Waals surface area contributed by atoms with Crippen LogP contribution < -0.4 is 10.0 Å². The molecule has 110 valence electrons. The summed E-state index contributed by atoms with van der Waals surface area (Å²) in [5, 5.41) is 3.48. The van der Waals surface area contributed by atoms with Crippen LogP contribution in [0.2, 0.25) is 0 Å². The van der Waals surface area contributed by atoms with Crippen molar-refractivity contribution in [3.8, 4) is 0 Å². The van der Waals surface area contributed by atoms with Crippen molar-refractivity contribution in [1.29, 1.82) is 0 Å². The lowest BCUT2D eigenvalue weighted by Crippen LogP contribution is -2.55. The van der Waals surface area contributed by atoms with E-state index in [4.69, 9.17) is 0 Å². The highest BCUT2D eigenvalue weighted by Crippen LogP contribution is 2.25. The molecule has 0 bridgehead atoms. The lowest BCUT2D eigenvalue weighted by Gasteiger charge is -2.37. The first-order valence-electron chi connectivity index (χ1n) is 7.67. The van der Waals surface area contributed by atoms with Crippen molar-refractivity contribution in [2.75, 3.05) is 13.1 Å². The molecule has 3 fully saturated rings. The number of hydrogen-bond acceptors (Lipinski definition) is 3. The quantitative estimate of drug-likeness (QED) is 0.765. The molecule has 19 heavy (non-hydrogen) atoms. The standard InChI is InChI=1S/C13H25N3O2S/c17-19(18,15-12-4-3-5-12)16-9-2-1-6-13(16)10-14-11-7-8-11/h11-15H,1-10H2. The van der Waals surface area contributed by atoms with E-state index in [9.17, 15) is 8.42 Å². The molecule has 1 aliphatic heterocycles. The van der Waals surface area contributed by atoms with Gasteiger partial charge in [-0.1, -0.05) is 12.8 Å². The predicted molar refractivity (Wildman–Crippen MR) is 75.1 cm³/mol. The molecule has 0 radical (unpaired) electrons. The first-order valence-corrected chi connectivity index (χ1v) is 9.11. The third-order valence-electron chi connectivity index (χ3n) is 4.52. The van der Waals surface area contributed by atoms with Crippen LogP contribution in [0.5, 0.6) is 0 Å². The smallest absolute Gasteiger partial charge is 0.279 e. The molecule has 1 unspecified atom stereocenters. The number of nitrogens with zero attached hydrogens (tertiary/aromatic N) is 1. The Morgan fingerprint density at radius 2 is 1.74 bits per heavy atom. The van der Waals surface area contributed by atoms with Crippen LogP contribution in [0, 0.1) is 0 Å². The van der Waals surface area contributed by atoms with Gasteiger partial charge in [-0.25, -0.2) is 0 Å². The van der Waals surface area contributed by atoms with Crippen LogP contribution in [0.25, 0.3) is 0 Å². The Bertz CT molecular complexity index is 404. The van der Waals surface area contributed by atoms with E-state index < -0.39 is 10.2 Å². The van der Waals surface area contributed by atoms with Gasteiger partial charge in [0.15, 0.2) is 0 Å². The monoisotopic (exact) mass is 287 g/mol. The summed E-state index contributed by atoms with van der Waals surface area (Å²) in [5.41, 5.74) is 0. The van der Waals surface area contributed by atoms with Crippen molar-refractivity contribution < 1.29 is 8.42 Å². The molecule has 3 rings (SSSR count). The maximum Gasteiger partial charge on any atom is 0.279 e. The Labute approximate surface area is 116 Å². The highest BCUT2D eigenvalue weighted by atomic mass is 32.2. The van der Waals surface area contributed by atoms with E-state index in [1.807, 2.05) is 0 Å². The van der Waals surface area contributed by atoms with E-state index in [0.717, 1.165) is 45.1 Å². The summed E-state index contributed by atoms with van der Waals surface area (Å²) in [6, 6.07) is 0.974. The average molecular weight is 287 g/mol. The minimum Gasteiger partial charge on any atom is -0.312 e. The fourth-order valence-electron chi connectivity index (χ4n) is 2.89. The Balaban J connectivity index is 1.60.